The first-order valence-electron chi connectivity index (χ1n) is 12.6. The third-order valence-corrected chi connectivity index (χ3v) is 7.41. The van der Waals surface area contributed by atoms with Crippen molar-refractivity contribution in [2.24, 2.45) is 0 Å². The zero-order valence-electron chi connectivity index (χ0n) is 21.6. The van der Waals surface area contributed by atoms with Gasteiger partial charge in [-0.2, -0.15) is 0 Å². The van der Waals surface area contributed by atoms with Gasteiger partial charge in [-0.1, -0.05) is 19.1 Å². The maximum atomic E-state index is 12.9. The Morgan fingerprint density at radius 2 is 1.84 bits per heavy atom. The number of hydrogen-bond acceptors (Lipinski definition) is 7. The average molecular weight is 523 g/mol. The summed E-state index contributed by atoms with van der Waals surface area (Å²) in [5.41, 5.74) is 3.13. The number of aromatic nitrogens is 1. The monoisotopic (exact) mass is 522 g/mol. The highest BCUT2D eigenvalue weighted by atomic mass is 32.1. The zero-order valence-corrected chi connectivity index (χ0v) is 22.4. The number of methoxy groups -OCH3 is 2. The zero-order chi connectivity index (χ0) is 26.2. The maximum Gasteiger partial charge on any atom is 0.257 e. The summed E-state index contributed by atoms with van der Waals surface area (Å²) in [5.74, 6) is 0.695. The van der Waals surface area contributed by atoms with Crippen LogP contribution in [0.2, 0.25) is 0 Å². The van der Waals surface area contributed by atoms with Crippen LogP contribution in [0.3, 0.4) is 0 Å². The largest absolute Gasteiger partial charge is 0.493 e. The molecule has 196 valence electrons. The fourth-order valence-corrected chi connectivity index (χ4v) is 5.47. The topological polar surface area (TPSA) is 102 Å². The standard InChI is InChI=1S/C28H34N4O4S/c1-4-13-29-21-9-10-22-25(17-21)37-28(31-22)32-27(34)19-7-5-6-18(15-19)12-14-30-26(33)20-8-11-23(35-2)24(16-20)36-3/h5-8,11,15-16,21,29H,4,9-10,12-14,17H2,1-3H3,(H,30,33)(H,31,32,34)/t21-/m0/s1. The second-order valence-corrected chi connectivity index (χ2v) is 10.1. The third kappa shape index (κ3) is 6.87. The minimum absolute atomic E-state index is 0.178. The number of rotatable bonds is 11. The molecule has 3 aromatic rings. The SMILES string of the molecule is CCCN[C@H]1CCc2nc(NC(=O)c3cccc(CCNC(=O)c4ccc(OC)c(OC)c4)c3)sc2C1. The van der Waals surface area contributed by atoms with Crippen molar-refractivity contribution >= 4 is 28.3 Å². The van der Waals surface area contributed by atoms with E-state index < -0.39 is 0 Å². The van der Waals surface area contributed by atoms with Crippen LogP contribution in [0.25, 0.3) is 0 Å². The maximum absolute atomic E-state index is 12.9. The lowest BCUT2D eigenvalue weighted by atomic mass is 9.98. The number of aryl methyl sites for hydroxylation is 1. The van der Waals surface area contributed by atoms with Gasteiger partial charge in [0.1, 0.15) is 0 Å². The summed E-state index contributed by atoms with van der Waals surface area (Å²) >= 11 is 1.57. The summed E-state index contributed by atoms with van der Waals surface area (Å²) in [4.78, 5) is 31.4. The van der Waals surface area contributed by atoms with Gasteiger partial charge in [0, 0.05) is 28.6 Å². The van der Waals surface area contributed by atoms with Gasteiger partial charge in [-0.3, -0.25) is 14.9 Å². The molecule has 0 bridgehead atoms. The molecular formula is C28H34N4O4S. The number of nitrogens with one attached hydrogen (secondary N) is 3. The fourth-order valence-electron chi connectivity index (χ4n) is 4.39. The van der Waals surface area contributed by atoms with Crippen LogP contribution in [0, 0.1) is 0 Å². The summed E-state index contributed by atoms with van der Waals surface area (Å²) < 4.78 is 10.5. The molecule has 1 heterocycles. The molecule has 1 aliphatic carbocycles. The van der Waals surface area contributed by atoms with E-state index in [0.717, 1.165) is 43.5 Å². The Labute approximate surface area is 221 Å². The van der Waals surface area contributed by atoms with Crippen LogP contribution in [-0.2, 0) is 19.3 Å². The predicted octanol–water partition coefficient (Wildman–Crippen LogP) is 4.24. The van der Waals surface area contributed by atoms with Crippen LogP contribution < -0.4 is 25.4 Å². The van der Waals surface area contributed by atoms with Gasteiger partial charge in [0.25, 0.3) is 11.8 Å². The number of ether oxygens (including phenoxy) is 2. The lowest BCUT2D eigenvalue weighted by Gasteiger charge is -2.21. The van der Waals surface area contributed by atoms with Crippen molar-refractivity contribution < 1.29 is 19.1 Å². The van der Waals surface area contributed by atoms with Crippen molar-refractivity contribution in [2.75, 3.05) is 32.6 Å². The number of anilines is 1. The minimum Gasteiger partial charge on any atom is -0.493 e. The molecule has 1 aliphatic rings. The smallest absolute Gasteiger partial charge is 0.257 e. The first-order valence-corrected chi connectivity index (χ1v) is 13.4. The first kappa shape index (κ1) is 26.6. The summed E-state index contributed by atoms with van der Waals surface area (Å²) in [6, 6.07) is 13.0. The van der Waals surface area contributed by atoms with E-state index in [9.17, 15) is 9.59 Å². The second kappa shape index (κ2) is 12.7. The van der Waals surface area contributed by atoms with Crippen molar-refractivity contribution in [1.29, 1.82) is 0 Å². The van der Waals surface area contributed by atoms with Crippen molar-refractivity contribution in [2.45, 2.75) is 45.1 Å². The van der Waals surface area contributed by atoms with E-state index in [1.54, 1.807) is 42.7 Å². The second-order valence-electron chi connectivity index (χ2n) is 9.01. The number of hydrogen-bond donors (Lipinski definition) is 3. The number of fused-ring (bicyclic) bond motifs is 1. The Bertz CT molecular complexity index is 1240. The lowest BCUT2D eigenvalue weighted by molar-refractivity contribution is 0.0952. The average Bonchev–Trinajstić information content (AvgIpc) is 3.33. The Kier molecular flexibility index (Phi) is 9.14. The van der Waals surface area contributed by atoms with E-state index in [2.05, 4.69) is 27.9 Å². The van der Waals surface area contributed by atoms with E-state index in [0.29, 0.717) is 46.8 Å². The molecule has 0 unspecified atom stereocenters. The summed E-state index contributed by atoms with van der Waals surface area (Å²) in [7, 11) is 3.09. The predicted molar refractivity (Wildman–Crippen MR) is 146 cm³/mol. The van der Waals surface area contributed by atoms with Crippen LogP contribution in [0.4, 0.5) is 5.13 Å². The van der Waals surface area contributed by atoms with Crippen molar-refractivity contribution in [3.05, 3.63) is 69.7 Å². The van der Waals surface area contributed by atoms with Gasteiger partial charge < -0.3 is 20.1 Å². The van der Waals surface area contributed by atoms with Gasteiger partial charge in [-0.05, 0) is 74.5 Å². The molecule has 2 amide bonds. The van der Waals surface area contributed by atoms with E-state index in [1.807, 2.05) is 18.2 Å². The van der Waals surface area contributed by atoms with Gasteiger partial charge >= 0.3 is 0 Å². The van der Waals surface area contributed by atoms with Gasteiger partial charge in [0.05, 0.1) is 19.9 Å². The number of thiazole rings is 1. The number of nitrogens with zero attached hydrogens (tertiary/aromatic N) is 1. The molecular weight excluding hydrogens is 488 g/mol. The van der Waals surface area contributed by atoms with Gasteiger partial charge in [0.15, 0.2) is 16.6 Å². The van der Waals surface area contributed by atoms with E-state index >= 15 is 0 Å². The third-order valence-electron chi connectivity index (χ3n) is 6.38. The van der Waals surface area contributed by atoms with Crippen LogP contribution in [0.15, 0.2) is 42.5 Å². The normalized spacial score (nSPS) is 14.5. The number of benzene rings is 2. The molecule has 1 aromatic heterocycles. The Morgan fingerprint density at radius 1 is 1.03 bits per heavy atom. The van der Waals surface area contributed by atoms with Crippen LogP contribution in [0.1, 0.15) is 56.6 Å². The van der Waals surface area contributed by atoms with Crippen molar-refractivity contribution in [1.82, 2.24) is 15.6 Å². The van der Waals surface area contributed by atoms with Crippen molar-refractivity contribution in [3.63, 3.8) is 0 Å². The summed E-state index contributed by atoms with van der Waals surface area (Å²) in [6.45, 7) is 3.64. The highest BCUT2D eigenvalue weighted by Gasteiger charge is 2.23. The molecule has 0 fully saturated rings. The van der Waals surface area contributed by atoms with E-state index in [-0.39, 0.29) is 11.8 Å². The molecule has 0 radical (unpaired) electrons. The summed E-state index contributed by atoms with van der Waals surface area (Å²) in [6.07, 6.45) is 4.70. The molecule has 0 aliphatic heterocycles. The highest BCUT2D eigenvalue weighted by Crippen LogP contribution is 2.30. The minimum atomic E-state index is -0.199. The number of amides is 2. The molecule has 1 atom stereocenters. The number of carbonyl (C=O) groups excluding carboxylic acids is 2. The summed E-state index contributed by atoms with van der Waals surface area (Å²) in [5, 5.41) is 10.1. The Hall–Kier alpha value is -3.43. The van der Waals surface area contributed by atoms with Crippen LogP contribution in [-0.4, -0.2) is 50.1 Å². The van der Waals surface area contributed by atoms with Gasteiger partial charge in [0.2, 0.25) is 0 Å². The Morgan fingerprint density at radius 3 is 2.62 bits per heavy atom. The molecule has 3 N–H and O–H groups in total. The van der Waals surface area contributed by atoms with Gasteiger partial charge in [-0.15, -0.1) is 11.3 Å². The van der Waals surface area contributed by atoms with Crippen LogP contribution >= 0.6 is 11.3 Å². The highest BCUT2D eigenvalue weighted by molar-refractivity contribution is 7.15. The Balaban J connectivity index is 1.31. The van der Waals surface area contributed by atoms with Crippen LogP contribution in [0.5, 0.6) is 11.5 Å². The quantitative estimate of drug-likeness (QED) is 0.348. The number of carbonyl (C=O) groups is 2. The molecule has 4 rings (SSSR count). The molecule has 8 nitrogen and oxygen atoms in total. The van der Waals surface area contributed by atoms with E-state index in [4.69, 9.17) is 9.47 Å². The molecule has 0 saturated heterocycles. The fraction of sp³-hybridized carbons (Fsp3) is 0.393. The van der Waals surface area contributed by atoms with Gasteiger partial charge in [-0.25, -0.2) is 4.98 Å². The molecule has 2 aromatic carbocycles. The van der Waals surface area contributed by atoms with Crippen molar-refractivity contribution in [3.8, 4) is 11.5 Å². The first-order chi connectivity index (χ1) is 18.0. The molecule has 0 spiro atoms. The molecule has 37 heavy (non-hydrogen) atoms. The lowest BCUT2D eigenvalue weighted by Crippen LogP contribution is -2.34. The molecule has 0 saturated carbocycles. The molecule has 9 heteroatoms. The van der Waals surface area contributed by atoms with E-state index in [1.165, 1.54) is 12.0 Å².